The van der Waals surface area contributed by atoms with Crippen LogP contribution in [0.4, 0.5) is 0 Å². The molecular formula is C56H104O11Si3. The molecule has 11 nitrogen and oxygen atoms in total. The highest BCUT2D eigenvalue weighted by Gasteiger charge is 2.60. The van der Waals surface area contributed by atoms with E-state index in [0.29, 0.717) is 31.4 Å². The number of aliphatic hydroxyl groups excluding tert-OH is 2. The Morgan fingerprint density at radius 1 is 0.800 bits per heavy atom. The molecule has 2 heterocycles. The van der Waals surface area contributed by atoms with Crippen LogP contribution in [0.15, 0.2) is 58.7 Å². The summed E-state index contributed by atoms with van der Waals surface area (Å²) in [5, 5.41) is 24.8. The van der Waals surface area contributed by atoms with Crippen molar-refractivity contribution in [3.8, 4) is 0 Å². The zero-order valence-corrected chi connectivity index (χ0v) is 51.9. The molecule has 70 heavy (non-hydrogen) atoms. The van der Waals surface area contributed by atoms with E-state index in [1.54, 1.807) is 20.1 Å². The fourth-order valence-electron chi connectivity index (χ4n) is 8.77. The van der Waals surface area contributed by atoms with Crippen LogP contribution in [0, 0.1) is 17.8 Å². The van der Waals surface area contributed by atoms with Gasteiger partial charge in [-0.3, -0.25) is 0 Å². The first-order chi connectivity index (χ1) is 31.8. The van der Waals surface area contributed by atoms with Gasteiger partial charge in [-0.05, 0) is 101 Å². The van der Waals surface area contributed by atoms with Crippen molar-refractivity contribution in [1.82, 2.24) is 0 Å². The van der Waals surface area contributed by atoms with Crippen LogP contribution < -0.4 is 0 Å². The number of esters is 1. The van der Waals surface area contributed by atoms with Crippen LogP contribution in [0.2, 0.25) is 54.4 Å². The molecule has 2 rings (SSSR count). The highest BCUT2D eigenvalue weighted by Crippen LogP contribution is 2.49. The third kappa shape index (κ3) is 17.3. The van der Waals surface area contributed by atoms with Gasteiger partial charge in [-0.25, -0.2) is 4.79 Å². The predicted octanol–water partition coefficient (Wildman–Crippen LogP) is 13.0. The van der Waals surface area contributed by atoms with Gasteiger partial charge in [0.05, 0.1) is 43.2 Å². The molecule has 0 radical (unpaired) electrons. The summed E-state index contributed by atoms with van der Waals surface area (Å²) in [6.07, 6.45) is 7.81. The Balaban J connectivity index is 2.86. The van der Waals surface area contributed by atoms with E-state index in [0.717, 1.165) is 16.7 Å². The number of hydrogen-bond donors (Lipinski definition) is 2. The highest BCUT2D eigenvalue weighted by atomic mass is 28.4. The van der Waals surface area contributed by atoms with Crippen molar-refractivity contribution in [2.24, 2.45) is 17.8 Å². The Hall–Kier alpha value is -1.54. The lowest BCUT2D eigenvalue weighted by Crippen LogP contribution is -2.68. The maximum absolute atomic E-state index is 14.4. The van der Waals surface area contributed by atoms with E-state index in [2.05, 4.69) is 160 Å². The second kappa shape index (κ2) is 25.8. The first-order valence-corrected chi connectivity index (χ1v) is 34.8. The van der Waals surface area contributed by atoms with Gasteiger partial charge in [-0.15, -0.1) is 0 Å². The van der Waals surface area contributed by atoms with E-state index >= 15 is 0 Å². The fraction of sp³-hybridized carbons (Fsp3) is 0.804. The SMILES string of the molecule is COC[C@@H](C[C@H]1O[C@@](OC)([C@H](O)[C@@H]2C[C@H](OC)[C@@H](O)CC/C=C(C)/C=C/[C@@H](O[Si](C)(C)C(C)(C)C)[C@H](C)/C=C(C)/C=C(C)/C=C(\C)C(=O)O2)[C@H](C)[C@@H](O[Si](C)(C)C(C)(C)C)[C@H]1C)O[Si](C)(C)C(C)(C)C. The van der Waals surface area contributed by atoms with Crippen LogP contribution >= 0.6 is 0 Å². The molecule has 2 aliphatic rings. The summed E-state index contributed by atoms with van der Waals surface area (Å²) in [5.74, 6) is -3.00. The molecule has 14 heteroatoms. The summed E-state index contributed by atoms with van der Waals surface area (Å²) in [4.78, 5) is 14.4. The van der Waals surface area contributed by atoms with Gasteiger partial charge >= 0.3 is 5.97 Å². The van der Waals surface area contributed by atoms with Crippen LogP contribution in [0.5, 0.6) is 0 Å². The number of methoxy groups -OCH3 is 3. The molecule has 0 aromatic heterocycles. The molecule has 12 atom stereocenters. The number of cyclic esters (lactones) is 1. The van der Waals surface area contributed by atoms with Crippen molar-refractivity contribution in [1.29, 1.82) is 0 Å². The van der Waals surface area contributed by atoms with Gasteiger partial charge in [0.15, 0.2) is 25.0 Å². The van der Waals surface area contributed by atoms with Crippen molar-refractivity contribution in [2.45, 2.75) is 245 Å². The number of hydrogen-bond acceptors (Lipinski definition) is 11. The first-order valence-electron chi connectivity index (χ1n) is 26.1. The number of carbonyl (C=O) groups excluding carboxylic acids is 1. The van der Waals surface area contributed by atoms with E-state index in [-0.39, 0.29) is 45.6 Å². The summed E-state index contributed by atoms with van der Waals surface area (Å²) in [7, 11) is -2.09. The number of allylic oxidation sites excluding steroid dienone is 7. The smallest absolute Gasteiger partial charge is 0.334 e. The average Bonchev–Trinajstić information content (AvgIpc) is 3.21. The van der Waals surface area contributed by atoms with Crippen LogP contribution in [-0.2, 0) is 41.8 Å². The van der Waals surface area contributed by atoms with E-state index in [4.69, 9.17) is 37.0 Å². The highest BCUT2D eigenvalue weighted by molar-refractivity contribution is 6.75. The van der Waals surface area contributed by atoms with Crippen molar-refractivity contribution in [3.05, 3.63) is 58.7 Å². The van der Waals surface area contributed by atoms with Gasteiger partial charge < -0.3 is 47.2 Å². The molecule has 0 bridgehead atoms. The van der Waals surface area contributed by atoms with E-state index in [1.807, 2.05) is 13.8 Å². The predicted molar refractivity (Wildman–Crippen MR) is 296 cm³/mol. The maximum atomic E-state index is 14.4. The number of ether oxygens (including phenoxy) is 5. The number of aliphatic hydroxyl groups is 2. The van der Waals surface area contributed by atoms with Crippen molar-refractivity contribution in [3.63, 3.8) is 0 Å². The van der Waals surface area contributed by atoms with Gasteiger partial charge in [0.1, 0.15) is 12.2 Å². The molecular weight excluding hydrogens is 933 g/mol. The first kappa shape index (κ1) is 64.6. The van der Waals surface area contributed by atoms with Crippen molar-refractivity contribution in [2.75, 3.05) is 27.9 Å². The lowest BCUT2D eigenvalue weighted by Gasteiger charge is -2.56. The standard InChI is InChI=1S/C56H104O11Si3/c1-37-27-26-28-45(57)48(61-18)35-49(63-52(59)41(5)33-39(3)31-38(2)32-40(4)46(30-29-37)66-69(22,23)54(11,12)13)51(58)56(62-19)43(7)50(67-70(24,25)55(14,15)16)42(6)47(64-56)34-44(36-60-17)65-68(20,21)53(8,9)10/h27,29-33,40,42-51,57-58H,26,28,34-36H2,1-25H3/b30-29+,37-27+,38-32+,39-31+,41-33+/t40-,42+,43-,44-,45+,46-,47-,48+,49+,50+,51-,56-/m1/s1. The van der Waals surface area contributed by atoms with Gasteiger partial charge in [0.2, 0.25) is 5.79 Å². The molecule has 2 aliphatic heterocycles. The lowest BCUT2D eigenvalue weighted by molar-refractivity contribution is -0.369. The van der Waals surface area contributed by atoms with Crippen molar-refractivity contribution >= 4 is 30.9 Å². The van der Waals surface area contributed by atoms with Crippen LogP contribution in [0.1, 0.15) is 136 Å². The minimum Gasteiger partial charge on any atom is -0.456 e. The zero-order chi connectivity index (χ0) is 54.2. The molecule has 2 N–H and O–H groups in total. The minimum absolute atomic E-state index is 0.0337. The van der Waals surface area contributed by atoms with Crippen LogP contribution in [0.3, 0.4) is 0 Å². The van der Waals surface area contributed by atoms with E-state index in [9.17, 15) is 15.0 Å². The second-order valence-electron chi connectivity index (χ2n) is 25.4. The third-order valence-electron chi connectivity index (χ3n) is 16.4. The normalized spacial score (nSPS) is 33.8. The number of rotatable bonds is 14. The fourth-order valence-corrected chi connectivity index (χ4v) is 12.9. The van der Waals surface area contributed by atoms with E-state index < -0.39 is 79.3 Å². The van der Waals surface area contributed by atoms with Gasteiger partial charge in [0, 0.05) is 57.5 Å². The zero-order valence-electron chi connectivity index (χ0n) is 48.9. The summed E-state index contributed by atoms with van der Waals surface area (Å²) in [6.45, 7) is 48.0. The molecule has 0 saturated carbocycles. The van der Waals surface area contributed by atoms with Gasteiger partial charge in [-0.1, -0.05) is 130 Å². The Morgan fingerprint density at radius 3 is 1.87 bits per heavy atom. The molecule has 0 amide bonds. The topological polar surface area (TPSA) is 131 Å². The largest absolute Gasteiger partial charge is 0.456 e. The molecule has 0 aliphatic carbocycles. The Morgan fingerprint density at radius 2 is 1.36 bits per heavy atom. The lowest BCUT2D eigenvalue weighted by atomic mass is 9.76. The maximum Gasteiger partial charge on any atom is 0.334 e. The quantitative estimate of drug-likeness (QED) is 0.127. The van der Waals surface area contributed by atoms with Crippen molar-refractivity contribution < 1.29 is 52.0 Å². The molecule has 1 fully saturated rings. The second-order valence-corrected chi connectivity index (χ2v) is 39.7. The van der Waals surface area contributed by atoms with Gasteiger partial charge in [-0.2, -0.15) is 0 Å². The number of carbonyl (C=O) groups is 1. The average molecular weight is 1040 g/mol. The molecule has 0 unspecified atom stereocenters. The molecule has 0 aromatic rings. The summed E-state index contributed by atoms with van der Waals surface area (Å²) >= 11 is 0. The summed E-state index contributed by atoms with van der Waals surface area (Å²) < 4.78 is 53.3. The third-order valence-corrected chi connectivity index (χ3v) is 29.9. The van der Waals surface area contributed by atoms with Crippen LogP contribution in [-0.4, -0.2) is 124 Å². The summed E-state index contributed by atoms with van der Waals surface area (Å²) in [6, 6.07) is 0. The molecule has 0 aromatic carbocycles. The van der Waals surface area contributed by atoms with E-state index in [1.165, 1.54) is 14.2 Å². The minimum atomic E-state index is -2.44. The molecule has 406 valence electrons. The molecule has 1 saturated heterocycles. The Bertz CT molecular complexity index is 1830. The molecule has 0 spiro atoms. The monoisotopic (exact) mass is 1040 g/mol. The Labute approximate surface area is 431 Å². The summed E-state index contributed by atoms with van der Waals surface area (Å²) in [5.41, 5.74) is 3.29. The van der Waals surface area contributed by atoms with Gasteiger partial charge in [0.25, 0.3) is 0 Å². The van der Waals surface area contributed by atoms with Crippen LogP contribution in [0.25, 0.3) is 0 Å². The Kier molecular flexibility index (Phi) is 23.8.